The van der Waals surface area contributed by atoms with E-state index in [1.165, 1.54) is 6.92 Å². The van der Waals surface area contributed by atoms with Crippen LogP contribution in [0.5, 0.6) is 5.75 Å². The van der Waals surface area contributed by atoms with Crippen LogP contribution < -0.4 is 4.74 Å². The van der Waals surface area contributed by atoms with Crippen molar-refractivity contribution in [2.45, 2.75) is 34.6 Å². The second-order valence-corrected chi connectivity index (χ2v) is 3.48. The number of carbonyl (C=O) groups excluding carboxylic acids is 1. The molecule has 20 heavy (non-hydrogen) atoms. The van der Waals surface area contributed by atoms with Gasteiger partial charge in [0.25, 0.3) is 0 Å². The zero-order valence-electron chi connectivity index (χ0n) is 13.0. The largest absolute Gasteiger partial charge is 0.427 e. The van der Waals surface area contributed by atoms with Crippen LogP contribution in [0.3, 0.4) is 0 Å². The molecule has 0 unspecified atom stereocenters. The first-order valence-electron chi connectivity index (χ1n) is 7.09. The Morgan fingerprint density at radius 1 is 0.750 bits per heavy atom. The van der Waals surface area contributed by atoms with Crippen LogP contribution in [-0.2, 0) is 4.79 Å². The number of benzene rings is 2. The SMILES string of the molecule is CC.CC.CC(=O)Oc1ccc(-c2ccccc2)cc1. The lowest BCUT2D eigenvalue weighted by Gasteiger charge is -2.03. The van der Waals surface area contributed by atoms with E-state index in [-0.39, 0.29) is 5.97 Å². The smallest absolute Gasteiger partial charge is 0.308 e. The third kappa shape index (κ3) is 6.19. The van der Waals surface area contributed by atoms with Crippen molar-refractivity contribution in [3.63, 3.8) is 0 Å². The van der Waals surface area contributed by atoms with E-state index >= 15 is 0 Å². The summed E-state index contributed by atoms with van der Waals surface area (Å²) in [6, 6.07) is 17.5. The molecule has 2 aromatic carbocycles. The molecule has 0 amide bonds. The van der Waals surface area contributed by atoms with Gasteiger partial charge < -0.3 is 4.74 Å². The van der Waals surface area contributed by atoms with E-state index in [4.69, 9.17) is 4.74 Å². The van der Waals surface area contributed by atoms with Crippen molar-refractivity contribution in [1.82, 2.24) is 0 Å². The molecular formula is C18H24O2. The van der Waals surface area contributed by atoms with Crippen molar-refractivity contribution < 1.29 is 9.53 Å². The summed E-state index contributed by atoms with van der Waals surface area (Å²) >= 11 is 0. The molecule has 0 aromatic heterocycles. The molecule has 108 valence electrons. The fraction of sp³-hybridized carbons (Fsp3) is 0.278. The van der Waals surface area contributed by atoms with Crippen molar-refractivity contribution >= 4 is 5.97 Å². The second-order valence-electron chi connectivity index (χ2n) is 3.48. The Morgan fingerprint density at radius 3 is 1.65 bits per heavy atom. The van der Waals surface area contributed by atoms with Crippen LogP contribution in [0.25, 0.3) is 11.1 Å². The molecular weight excluding hydrogens is 248 g/mol. The van der Waals surface area contributed by atoms with Gasteiger partial charge in [0.15, 0.2) is 0 Å². The predicted molar refractivity (Wildman–Crippen MR) is 85.9 cm³/mol. The molecule has 0 heterocycles. The van der Waals surface area contributed by atoms with Crippen molar-refractivity contribution in [3.8, 4) is 16.9 Å². The van der Waals surface area contributed by atoms with Gasteiger partial charge in [-0.05, 0) is 23.3 Å². The first-order chi connectivity index (χ1) is 9.75. The van der Waals surface area contributed by atoms with Crippen molar-refractivity contribution in [2.24, 2.45) is 0 Å². The highest BCUT2D eigenvalue weighted by Crippen LogP contribution is 2.21. The van der Waals surface area contributed by atoms with E-state index < -0.39 is 0 Å². The van der Waals surface area contributed by atoms with Gasteiger partial charge in [-0.15, -0.1) is 0 Å². The molecule has 0 fully saturated rings. The molecule has 0 bridgehead atoms. The Bertz CT molecular complexity index is 473. The van der Waals surface area contributed by atoms with Gasteiger partial charge in [-0.1, -0.05) is 70.2 Å². The Morgan fingerprint density at radius 2 is 1.20 bits per heavy atom. The summed E-state index contributed by atoms with van der Waals surface area (Å²) in [4.78, 5) is 10.7. The first kappa shape index (κ1) is 17.9. The predicted octanol–water partition coefficient (Wildman–Crippen LogP) is 5.33. The van der Waals surface area contributed by atoms with Crippen LogP contribution >= 0.6 is 0 Å². The minimum Gasteiger partial charge on any atom is -0.427 e. The van der Waals surface area contributed by atoms with Crippen molar-refractivity contribution in [2.75, 3.05) is 0 Å². The van der Waals surface area contributed by atoms with Crippen LogP contribution in [-0.4, -0.2) is 5.97 Å². The molecule has 0 aliphatic heterocycles. The van der Waals surface area contributed by atoms with Gasteiger partial charge in [-0.2, -0.15) is 0 Å². The molecule has 2 aromatic rings. The first-order valence-corrected chi connectivity index (χ1v) is 7.09. The quantitative estimate of drug-likeness (QED) is 0.545. The maximum atomic E-state index is 10.7. The maximum Gasteiger partial charge on any atom is 0.308 e. The zero-order valence-corrected chi connectivity index (χ0v) is 13.0. The summed E-state index contributed by atoms with van der Waals surface area (Å²) in [5.74, 6) is 0.277. The minimum absolute atomic E-state index is 0.299. The standard InChI is InChI=1S/C14H12O2.2C2H6/c1-11(15)16-14-9-7-13(8-10-14)12-5-3-2-4-6-12;2*1-2/h2-10H,1H3;2*1-2H3. The fourth-order valence-corrected chi connectivity index (χ4v) is 1.51. The van der Waals surface area contributed by atoms with Gasteiger partial charge in [0, 0.05) is 6.92 Å². The molecule has 0 aliphatic carbocycles. The normalized spacial score (nSPS) is 8.45. The van der Waals surface area contributed by atoms with E-state index in [2.05, 4.69) is 0 Å². The molecule has 2 heteroatoms. The number of ether oxygens (including phenoxy) is 1. The molecule has 2 nitrogen and oxygen atoms in total. The fourth-order valence-electron chi connectivity index (χ4n) is 1.51. The highest BCUT2D eigenvalue weighted by atomic mass is 16.5. The van der Waals surface area contributed by atoms with Crippen molar-refractivity contribution in [1.29, 1.82) is 0 Å². The average molecular weight is 272 g/mol. The molecule has 0 spiro atoms. The maximum absolute atomic E-state index is 10.7. The third-order valence-corrected chi connectivity index (χ3v) is 2.22. The molecule has 0 aliphatic rings. The highest BCUT2D eigenvalue weighted by molar-refractivity contribution is 5.70. The number of carbonyl (C=O) groups is 1. The molecule has 2 rings (SSSR count). The van der Waals surface area contributed by atoms with Crippen molar-refractivity contribution in [3.05, 3.63) is 54.6 Å². The van der Waals surface area contributed by atoms with E-state index in [1.54, 1.807) is 12.1 Å². The van der Waals surface area contributed by atoms with Gasteiger partial charge in [0.1, 0.15) is 5.75 Å². The lowest BCUT2D eigenvalue weighted by Crippen LogP contribution is -2.00. The number of esters is 1. The third-order valence-electron chi connectivity index (χ3n) is 2.22. The van der Waals surface area contributed by atoms with Gasteiger partial charge in [-0.25, -0.2) is 0 Å². The van der Waals surface area contributed by atoms with Crippen LogP contribution in [0.2, 0.25) is 0 Å². The zero-order chi connectivity index (χ0) is 15.4. The van der Waals surface area contributed by atoms with Gasteiger partial charge >= 0.3 is 5.97 Å². The second kappa shape index (κ2) is 10.8. The lowest BCUT2D eigenvalue weighted by atomic mass is 10.1. The molecule has 0 atom stereocenters. The topological polar surface area (TPSA) is 26.3 Å². The Kier molecular flexibility index (Phi) is 9.67. The van der Waals surface area contributed by atoms with Gasteiger partial charge in [0.05, 0.1) is 0 Å². The van der Waals surface area contributed by atoms with Crippen LogP contribution in [0.4, 0.5) is 0 Å². The van der Waals surface area contributed by atoms with Crippen LogP contribution in [0.1, 0.15) is 34.6 Å². The minimum atomic E-state index is -0.299. The number of hydrogen-bond donors (Lipinski definition) is 0. The Labute approximate surface area is 122 Å². The van der Waals surface area contributed by atoms with Gasteiger partial charge in [-0.3, -0.25) is 4.79 Å². The summed E-state index contributed by atoms with van der Waals surface area (Å²) in [5, 5.41) is 0. The summed E-state index contributed by atoms with van der Waals surface area (Å²) in [7, 11) is 0. The highest BCUT2D eigenvalue weighted by Gasteiger charge is 1.99. The number of rotatable bonds is 2. The molecule has 0 saturated heterocycles. The van der Waals surface area contributed by atoms with E-state index in [9.17, 15) is 4.79 Å². The van der Waals surface area contributed by atoms with E-state index in [0.717, 1.165) is 11.1 Å². The van der Waals surface area contributed by atoms with E-state index in [1.807, 2.05) is 70.2 Å². The van der Waals surface area contributed by atoms with Crippen LogP contribution in [0.15, 0.2) is 54.6 Å². The van der Waals surface area contributed by atoms with Crippen LogP contribution in [0, 0.1) is 0 Å². The molecule has 0 radical (unpaired) electrons. The summed E-state index contributed by atoms with van der Waals surface area (Å²) in [6.07, 6.45) is 0. The average Bonchev–Trinajstić information content (AvgIpc) is 2.52. The Balaban J connectivity index is 0.000000829. The number of hydrogen-bond acceptors (Lipinski definition) is 2. The Hall–Kier alpha value is -2.09. The van der Waals surface area contributed by atoms with E-state index in [0.29, 0.717) is 5.75 Å². The molecule has 0 saturated carbocycles. The lowest BCUT2D eigenvalue weighted by molar-refractivity contribution is -0.131. The summed E-state index contributed by atoms with van der Waals surface area (Å²) in [5.41, 5.74) is 2.26. The monoisotopic (exact) mass is 272 g/mol. The summed E-state index contributed by atoms with van der Waals surface area (Å²) < 4.78 is 4.97. The molecule has 0 N–H and O–H groups in total. The van der Waals surface area contributed by atoms with Gasteiger partial charge in [0.2, 0.25) is 0 Å². The summed E-state index contributed by atoms with van der Waals surface area (Å²) in [6.45, 7) is 9.39.